The zero-order chi connectivity index (χ0) is 18.9. The molecule has 0 saturated heterocycles. The molecule has 0 fully saturated rings. The first-order chi connectivity index (χ1) is 12.3. The van der Waals surface area contributed by atoms with E-state index in [0.717, 1.165) is 11.1 Å². The summed E-state index contributed by atoms with van der Waals surface area (Å²) in [6.07, 6.45) is -5.00. The largest absolute Gasteiger partial charge is 0.482 e. The number of anilines is 2. The number of fused-ring (bicyclic) bond motifs is 1. The van der Waals surface area contributed by atoms with Crippen molar-refractivity contribution in [2.45, 2.75) is 19.6 Å². The van der Waals surface area contributed by atoms with Gasteiger partial charge in [-0.15, -0.1) is 0 Å². The summed E-state index contributed by atoms with van der Waals surface area (Å²) >= 11 is 0. The van der Waals surface area contributed by atoms with Gasteiger partial charge in [-0.05, 0) is 36.2 Å². The van der Waals surface area contributed by atoms with E-state index in [1.165, 1.54) is 23.1 Å². The number of carbonyl (C=O) groups excluding carboxylic acids is 2. The predicted octanol–water partition coefficient (Wildman–Crippen LogP) is 3.42. The van der Waals surface area contributed by atoms with Gasteiger partial charge in [0.15, 0.2) is 6.61 Å². The second-order valence-electron chi connectivity index (χ2n) is 5.83. The van der Waals surface area contributed by atoms with Crippen LogP contribution in [0.4, 0.5) is 24.5 Å². The first kappa shape index (κ1) is 17.8. The number of hydrogen-bond acceptors (Lipinski definition) is 3. The average Bonchev–Trinajstić information content (AvgIpc) is 2.58. The SMILES string of the molecule is Cc1ccccc1CN1C(=O)COc2ccc(NC(=O)C(F)(F)F)cc21. The number of rotatable bonds is 3. The quantitative estimate of drug-likeness (QED) is 0.908. The number of halogens is 3. The monoisotopic (exact) mass is 364 g/mol. The second kappa shape index (κ2) is 6.70. The Kier molecular flexibility index (Phi) is 4.58. The van der Waals surface area contributed by atoms with Crippen LogP contribution in [0.25, 0.3) is 0 Å². The molecular formula is C18H15F3N2O3. The van der Waals surface area contributed by atoms with Crippen molar-refractivity contribution < 1.29 is 27.5 Å². The molecule has 3 rings (SSSR count). The van der Waals surface area contributed by atoms with Crippen molar-refractivity contribution in [1.29, 1.82) is 0 Å². The van der Waals surface area contributed by atoms with Crippen molar-refractivity contribution in [3.63, 3.8) is 0 Å². The maximum Gasteiger partial charge on any atom is 0.471 e. The molecule has 0 saturated carbocycles. The summed E-state index contributed by atoms with van der Waals surface area (Å²) in [7, 11) is 0. The van der Waals surface area contributed by atoms with Crippen molar-refractivity contribution in [2.75, 3.05) is 16.8 Å². The number of alkyl halides is 3. The highest BCUT2D eigenvalue weighted by molar-refractivity contribution is 6.00. The van der Waals surface area contributed by atoms with Gasteiger partial charge in [-0.25, -0.2) is 0 Å². The number of amides is 2. The molecule has 0 aromatic heterocycles. The fourth-order valence-corrected chi connectivity index (χ4v) is 2.61. The highest BCUT2D eigenvalue weighted by Crippen LogP contribution is 2.36. The number of nitrogens with zero attached hydrogens (tertiary/aromatic N) is 1. The minimum absolute atomic E-state index is 0.0702. The number of ether oxygens (including phenoxy) is 1. The predicted molar refractivity (Wildman–Crippen MR) is 89.0 cm³/mol. The van der Waals surface area contributed by atoms with Crippen molar-refractivity contribution in [3.8, 4) is 5.75 Å². The van der Waals surface area contributed by atoms with Gasteiger partial charge in [-0.1, -0.05) is 24.3 Å². The number of hydrogen-bond donors (Lipinski definition) is 1. The number of carbonyl (C=O) groups is 2. The summed E-state index contributed by atoms with van der Waals surface area (Å²) in [5, 5.41) is 1.79. The highest BCUT2D eigenvalue weighted by atomic mass is 19.4. The third kappa shape index (κ3) is 3.63. The van der Waals surface area contributed by atoms with Crippen LogP contribution in [-0.4, -0.2) is 24.6 Å². The molecule has 2 aromatic carbocycles. The van der Waals surface area contributed by atoms with Gasteiger partial charge in [-0.3, -0.25) is 9.59 Å². The van der Waals surface area contributed by atoms with Crippen molar-refractivity contribution >= 4 is 23.2 Å². The van der Waals surface area contributed by atoms with Crippen LogP contribution in [0.2, 0.25) is 0 Å². The Morgan fingerprint density at radius 1 is 1.23 bits per heavy atom. The Morgan fingerprint density at radius 2 is 1.96 bits per heavy atom. The summed E-state index contributed by atoms with van der Waals surface area (Å²) < 4.78 is 42.7. The third-order valence-corrected chi connectivity index (χ3v) is 4.01. The molecule has 0 radical (unpaired) electrons. The lowest BCUT2D eigenvalue weighted by Gasteiger charge is -2.30. The third-order valence-electron chi connectivity index (χ3n) is 4.01. The van der Waals surface area contributed by atoms with Gasteiger partial charge in [0.2, 0.25) is 0 Å². The number of benzene rings is 2. The van der Waals surface area contributed by atoms with E-state index in [4.69, 9.17) is 4.74 Å². The second-order valence-corrected chi connectivity index (χ2v) is 5.83. The zero-order valence-corrected chi connectivity index (χ0v) is 13.8. The van der Waals surface area contributed by atoms with Crippen LogP contribution < -0.4 is 15.0 Å². The van der Waals surface area contributed by atoms with Crippen molar-refractivity contribution in [3.05, 3.63) is 53.6 Å². The molecule has 26 heavy (non-hydrogen) atoms. The smallest absolute Gasteiger partial charge is 0.471 e. The Labute approximate surface area is 147 Å². The number of nitrogens with one attached hydrogen (secondary N) is 1. The Bertz CT molecular complexity index is 865. The molecule has 0 atom stereocenters. The van der Waals surface area contributed by atoms with Crippen LogP contribution >= 0.6 is 0 Å². The van der Waals surface area contributed by atoms with Crippen molar-refractivity contribution in [1.82, 2.24) is 0 Å². The summed E-state index contributed by atoms with van der Waals surface area (Å²) in [5.41, 5.74) is 2.12. The molecule has 1 N–H and O–H groups in total. The number of aryl methyl sites for hydroxylation is 1. The molecule has 5 nitrogen and oxygen atoms in total. The Hall–Kier alpha value is -3.03. The molecular weight excluding hydrogens is 349 g/mol. The van der Waals surface area contributed by atoms with Gasteiger partial charge in [0.1, 0.15) is 5.75 Å². The molecule has 2 aromatic rings. The van der Waals surface area contributed by atoms with E-state index >= 15 is 0 Å². The van der Waals surface area contributed by atoms with E-state index < -0.39 is 12.1 Å². The van der Waals surface area contributed by atoms with Gasteiger partial charge < -0.3 is 15.0 Å². The standard InChI is InChI=1S/C18H15F3N2O3/c1-11-4-2-3-5-12(11)9-23-14-8-13(22-17(25)18(19,20)21)6-7-15(14)26-10-16(23)24/h2-8H,9-10H2,1H3,(H,22,25). The zero-order valence-electron chi connectivity index (χ0n) is 13.8. The lowest BCUT2D eigenvalue weighted by atomic mass is 10.1. The van der Waals surface area contributed by atoms with E-state index in [1.54, 1.807) is 5.32 Å². The van der Waals surface area contributed by atoms with E-state index in [0.29, 0.717) is 11.4 Å². The van der Waals surface area contributed by atoms with E-state index in [1.807, 2.05) is 31.2 Å². The maximum atomic E-state index is 12.4. The molecule has 2 amide bonds. The Balaban J connectivity index is 1.92. The van der Waals surface area contributed by atoms with Gasteiger partial charge >= 0.3 is 12.1 Å². The van der Waals surface area contributed by atoms with Gasteiger partial charge in [-0.2, -0.15) is 13.2 Å². The topological polar surface area (TPSA) is 58.6 Å². The minimum Gasteiger partial charge on any atom is -0.482 e. The molecule has 1 aliphatic heterocycles. The van der Waals surface area contributed by atoms with E-state index in [-0.39, 0.29) is 24.7 Å². The molecule has 0 aliphatic carbocycles. The lowest BCUT2D eigenvalue weighted by molar-refractivity contribution is -0.167. The maximum absolute atomic E-state index is 12.4. The van der Waals surface area contributed by atoms with Gasteiger partial charge in [0.05, 0.1) is 12.2 Å². The van der Waals surface area contributed by atoms with E-state index in [2.05, 4.69) is 0 Å². The van der Waals surface area contributed by atoms with E-state index in [9.17, 15) is 22.8 Å². The first-order valence-corrected chi connectivity index (χ1v) is 7.75. The summed E-state index contributed by atoms with van der Waals surface area (Å²) in [5.74, 6) is -2.03. The molecule has 8 heteroatoms. The van der Waals surface area contributed by atoms with Crippen LogP contribution in [0.15, 0.2) is 42.5 Å². The molecule has 0 spiro atoms. The fraction of sp³-hybridized carbons (Fsp3) is 0.222. The van der Waals surface area contributed by atoms with Crippen LogP contribution in [0.1, 0.15) is 11.1 Å². The normalized spacial score (nSPS) is 13.8. The summed E-state index contributed by atoms with van der Waals surface area (Å²) in [6.45, 7) is 1.99. The van der Waals surface area contributed by atoms with Crippen LogP contribution in [0.3, 0.4) is 0 Å². The minimum atomic E-state index is -5.00. The van der Waals surface area contributed by atoms with Crippen LogP contribution in [-0.2, 0) is 16.1 Å². The summed E-state index contributed by atoms with van der Waals surface area (Å²) in [6, 6.07) is 11.5. The van der Waals surface area contributed by atoms with Crippen LogP contribution in [0.5, 0.6) is 5.75 Å². The average molecular weight is 364 g/mol. The van der Waals surface area contributed by atoms with Gasteiger partial charge in [0.25, 0.3) is 5.91 Å². The highest BCUT2D eigenvalue weighted by Gasteiger charge is 2.39. The lowest BCUT2D eigenvalue weighted by Crippen LogP contribution is -2.38. The molecule has 0 unspecified atom stereocenters. The first-order valence-electron chi connectivity index (χ1n) is 7.75. The summed E-state index contributed by atoms with van der Waals surface area (Å²) in [4.78, 5) is 24.9. The fourth-order valence-electron chi connectivity index (χ4n) is 2.61. The van der Waals surface area contributed by atoms with Crippen LogP contribution in [0, 0.1) is 6.92 Å². The van der Waals surface area contributed by atoms with Crippen molar-refractivity contribution in [2.24, 2.45) is 0 Å². The molecule has 0 bridgehead atoms. The molecule has 136 valence electrons. The Morgan fingerprint density at radius 3 is 2.65 bits per heavy atom. The molecule has 1 heterocycles. The van der Waals surface area contributed by atoms with Gasteiger partial charge in [0, 0.05) is 5.69 Å². The molecule has 1 aliphatic rings.